The summed E-state index contributed by atoms with van der Waals surface area (Å²) >= 11 is 0. The van der Waals surface area contributed by atoms with Crippen molar-refractivity contribution in [3.05, 3.63) is 24.0 Å². The highest BCUT2D eigenvalue weighted by Crippen LogP contribution is 2.24. The summed E-state index contributed by atoms with van der Waals surface area (Å²) in [5.74, 6) is -1.18. The van der Waals surface area contributed by atoms with Crippen LogP contribution in [-0.2, 0) is 4.79 Å². The van der Waals surface area contributed by atoms with E-state index in [-0.39, 0.29) is 11.9 Å². The Kier molecular flexibility index (Phi) is 3.69. The van der Waals surface area contributed by atoms with Gasteiger partial charge in [-0.2, -0.15) is 0 Å². The molecule has 1 atom stereocenters. The van der Waals surface area contributed by atoms with Crippen molar-refractivity contribution in [3.63, 3.8) is 0 Å². The van der Waals surface area contributed by atoms with Crippen molar-refractivity contribution < 1.29 is 14.7 Å². The van der Waals surface area contributed by atoms with Gasteiger partial charge in [-0.25, -0.2) is 4.79 Å². The van der Waals surface area contributed by atoms with Crippen LogP contribution in [0, 0.1) is 18.8 Å². The van der Waals surface area contributed by atoms with Gasteiger partial charge in [0.1, 0.15) is 0 Å². The molecule has 1 saturated heterocycles. The van der Waals surface area contributed by atoms with Crippen LogP contribution in [0.2, 0.25) is 0 Å². The van der Waals surface area contributed by atoms with E-state index >= 15 is 0 Å². The Bertz CT molecular complexity index is 498. The number of aromatic nitrogens is 1. The predicted molar refractivity (Wildman–Crippen MR) is 69.9 cm³/mol. The summed E-state index contributed by atoms with van der Waals surface area (Å²) in [6.07, 6.45) is 3.30. The highest BCUT2D eigenvalue weighted by atomic mass is 16.4. The van der Waals surface area contributed by atoms with E-state index in [2.05, 4.69) is 10.3 Å². The van der Waals surface area contributed by atoms with Crippen molar-refractivity contribution in [2.24, 2.45) is 11.8 Å². The number of nitrogens with one attached hydrogen (secondary N) is 1. The number of nitrogens with zero attached hydrogens (tertiary/aromatic N) is 2. The zero-order valence-corrected chi connectivity index (χ0v) is 11.0. The number of pyridine rings is 1. The number of anilines is 1. The molecule has 0 aliphatic carbocycles. The maximum absolute atomic E-state index is 11.9. The van der Waals surface area contributed by atoms with Crippen LogP contribution < -0.4 is 5.32 Å². The molecule has 1 unspecified atom stereocenters. The number of hydrogen-bond acceptors (Lipinski definition) is 3. The molecule has 6 nitrogen and oxygen atoms in total. The molecule has 1 aliphatic rings. The molecule has 1 aromatic heterocycles. The summed E-state index contributed by atoms with van der Waals surface area (Å²) < 4.78 is 0. The van der Waals surface area contributed by atoms with E-state index in [0.717, 1.165) is 5.56 Å². The fourth-order valence-electron chi connectivity index (χ4n) is 2.02. The Morgan fingerprint density at radius 2 is 2.16 bits per heavy atom. The first kappa shape index (κ1) is 13.3. The van der Waals surface area contributed by atoms with Gasteiger partial charge in [-0.3, -0.25) is 9.78 Å². The number of rotatable bonds is 3. The zero-order chi connectivity index (χ0) is 14.0. The lowest BCUT2D eigenvalue weighted by Gasteiger charge is -2.40. The number of carboxylic acid groups (broad SMARTS) is 1. The molecule has 1 aromatic rings. The Balaban J connectivity index is 1.85. The number of urea groups is 1. The molecule has 2 N–H and O–H groups in total. The summed E-state index contributed by atoms with van der Waals surface area (Å²) in [5, 5.41) is 11.6. The van der Waals surface area contributed by atoms with E-state index in [1.807, 2.05) is 13.0 Å². The van der Waals surface area contributed by atoms with Gasteiger partial charge in [0.15, 0.2) is 0 Å². The third kappa shape index (κ3) is 3.01. The number of amides is 2. The third-order valence-corrected chi connectivity index (χ3v) is 3.42. The number of carboxylic acids is 1. The van der Waals surface area contributed by atoms with Crippen molar-refractivity contribution in [1.29, 1.82) is 0 Å². The average molecular weight is 263 g/mol. The van der Waals surface area contributed by atoms with Crippen LogP contribution in [-0.4, -0.2) is 40.1 Å². The number of carbonyl (C=O) groups excluding carboxylic acids is 1. The average Bonchev–Trinajstić information content (AvgIpc) is 2.26. The number of hydrogen-bond donors (Lipinski definition) is 2. The number of carbonyl (C=O) groups is 2. The minimum atomic E-state index is -0.812. The Morgan fingerprint density at radius 3 is 2.74 bits per heavy atom. The van der Waals surface area contributed by atoms with Crippen LogP contribution in [0.25, 0.3) is 0 Å². The highest BCUT2D eigenvalue weighted by molar-refractivity contribution is 5.89. The second-order valence-corrected chi connectivity index (χ2v) is 4.97. The van der Waals surface area contributed by atoms with Crippen molar-refractivity contribution in [3.8, 4) is 0 Å². The highest BCUT2D eigenvalue weighted by Gasteiger charge is 2.37. The maximum atomic E-state index is 11.9. The van der Waals surface area contributed by atoms with Gasteiger partial charge in [-0.05, 0) is 18.6 Å². The van der Waals surface area contributed by atoms with Crippen molar-refractivity contribution in [1.82, 2.24) is 9.88 Å². The molecule has 1 fully saturated rings. The van der Waals surface area contributed by atoms with E-state index in [4.69, 9.17) is 5.11 Å². The van der Waals surface area contributed by atoms with Gasteiger partial charge >= 0.3 is 12.0 Å². The van der Waals surface area contributed by atoms with Crippen LogP contribution in [0.4, 0.5) is 10.5 Å². The Labute approximate surface area is 111 Å². The zero-order valence-electron chi connectivity index (χ0n) is 11.0. The number of aliphatic carboxylic acids is 1. The fourth-order valence-corrected chi connectivity index (χ4v) is 2.02. The molecular weight excluding hydrogens is 246 g/mol. The van der Waals surface area contributed by atoms with Gasteiger partial charge < -0.3 is 15.3 Å². The second-order valence-electron chi connectivity index (χ2n) is 4.97. The number of aryl methyl sites for hydroxylation is 1. The summed E-state index contributed by atoms with van der Waals surface area (Å²) in [5.41, 5.74) is 1.62. The van der Waals surface area contributed by atoms with Crippen LogP contribution >= 0.6 is 0 Å². The van der Waals surface area contributed by atoms with Gasteiger partial charge in [-0.1, -0.05) is 6.92 Å². The predicted octanol–water partition coefficient (Wildman–Crippen LogP) is 1.57. The molecule has 19 heavy (non-hydrogen) atoms. The molecule has 6 heteroatoms. The molecular formula is C13H17N3O3. The first-order chi connectivity index (χ1) is 8.97. The van der Waals surface area contributed by atoms with E-state index in [9.17, 15) is 9.59 Å². The van der Waals surface area contributed by atoms with E-state index < -0.39 is 11.9 Å². The van der Waals surface area contributed by atoms with Crippen LogP contribution in [0.3, 0.4) is 0 Å². The van der Waals surface area contributed by atoms with E-state index in [1.54, 1.807) is 24.2 Å². The normalized spacial score (nSPS) is 16.6. The molecule has 2 rings (SSSR count). The lowest BCUT2D eigenvalue weighted by molar-refractivity contribution is -0.144. The molecule has 2 amide bonds. The van der Waals surface area contributed by atoms with E-state index in [0.29, 0.717) is 18.8 Å². The van der Waals surface area contributed by atoms with Gasteiger partial charge in [0, 0.05) is 25.2 Å². The molecule has 0 saturated carbocycles. The topological polar surface area (TPSA) is 82.5 Å². The van der Waals surface area contributed by atoms with Gasteiger partial charge in [0.25, 0.3) is 0 Å². The monoisotopic (exact) mass is 263 g/mol. The maximum Gasteiger partial charge on any atom is 0.321 e. The van der Waals surface area contributed by atoms with Crippen molar-refractivity contribution in [2.45, 2.75) is 13.8 Å². The second kappa shape index (κ2) is 5.26. The minimum absolute atomic E-state index is 0.0406. The quantitative estimate of drug-likeness (QED) is 0.867. The first-order valence-corrected chi connectivity index (χ1v) is 6.17. The lowest BCUT2D eigenvalue weighted by atomic mass is 9.87. The SMILES string of the molecule is Cc1cncc(NC(=O)N2CC(C(C)C(=O)O)C2)c1. The van der Waals surface area contributed by atoms with Gasteiger partial charge in [-0.15, -0.1) is 0 Å². The Morgan fingerprint density at radius 1 is 1.47 bits per heavy atom. The first-order valence-electron chi connectivity index (χ1n) is 6.17. The smallest absolute Gasteiger partial charge is 0.321 e. The molecule has 0 bridgehead atoms. The largest absolute Gasteiger partial charge is 0.481 e. The summed E-state index contributed by atoms with van der Waals surface area (Å²) in [6, 6.07) is 1.63. The molecule has 0 spiro atoms. The van der Waals surface area contributed by atoms with Crippen LogP contribution in [0.5, 0.6) is 0 Å². The lowest BCUT2D eigenvalue weighted by Crippen LogP contribution is -2.54. The van der Waals surface area contributed by atoms with Crippen LogP contribution in [0.1, 0.15) is 12.5 Å². The molecule has 2 heterocycles. The molecule has 102 valence electrons. The van der Waals surface area contributed by atoms with Gasteiger partial charge in [0.05, 0.1) is 17.8 Å². The third-order valence-electron chi connectivity index (χ3n) is 3.42. The standard InChI is InChI=1S/C13H17N3O3/c1-8-3-11(5-14-4-8)15-13(19)16-6-10(7-16)9(2)12(17)18/h3-5,9-10H,6-7H2,1-2H3,(H,15,19)(H,17,18). The summed E-state index contributed by atoms with van der Waals surface area (Å²) in [6.45, 7) is 4.54. The van der Waals surface area contributed by atoms with Crippen molar-refractivity contribution in [2.75, 3.05) is 18.4 Å². The summed E-state index contributed by atoms with van der Waals surface area (Å²) in [7, 11) is 0. The molecule has 1 aliphatic heterocycles. The van der Waals surface area contributed by atoms with Gasteiger partial charge in [0.2, 0.25) is 0 Å². The molecule has 0 aromatic carbocycles. The van der Waals surface area contributed by atoms with E-state index in [1.165, 1.54) is 0 Å². The fraction of sp³-hybridized carbons (Fsp3) is 0.462. The summed E-state index contributed by atoms with van der Waals surface area (Å²) in [4.78, 5) is 28.3. The van der Waals surface area contributed by atoms with Crippen LogP contribution in [0.15, 0.2) is 18.5 Å². The minimum Gasteiger partial charge on any atom is -0.481 e. The number of likely N-dealkylation sites (tertiary alicyclic amines) is 1. The molecule has 0 radical (unpaired) electrons. The Hall–Kier alpha value is -2.11. The van der Waals surface area contributed by atoms with Crippen molar-refractivity contribution >= 4 is 17.7 Å².